The molecule has 12 heteroatoms. The summed E-state index contributed by atoms with van der Waals surface area (Å²) in [6.45, 7) is 3.41. The zero-order chi connectivity index (χ0) is 27.5. The summed E-state index contributed by atoms with van der Waals surface area (Å²) in [6.07, 6.45) is 5.36. The molecule has 0 radical (unpaired) electrons. The van der Waals surface area contributed by atoms with Gasteiger partial charge in [0.2, 0.25) is 0 Å². The van der Waals surface area contributed by atoms with Gasteiger partial charge in [0.1, 0.15) is 31.1 Å². The van der Waals surface area contributed by atoms with Crippen LogP contribution >= 0.6 is 11.6 Å². The smallest absolute Gasteiger partial charge is 0.311 e. The van der Waals surface area contributed by atoms with Crippen molar-refractivity contribution in [2.75, 3.05) is 31.6 Å². The molecule has 0 saturated carbocycles. The molecule has 0 amide bonds. The van der Waals surface area contributed by atoms with E-state index in [2.05, 4.69) is 30.5 Å². The third-order valence-electron chi connectivity index (χ3n) is 7.35. The molecule has 11 nitrogen and oxygen atoms in total. The molecule has 2 fully saturated rings. The van der Waals surface area contributed by atoms with Crippen molar-refractivity contribution in [3.8, 4) is 11.5 Å². The SMILES string of the molecule is O=[N+]([O-])c1cc2c(Nc3ccc(OCc4ccccn4)c(Cl)c3)ncnc2cc1OCCN1CCC2NCCC21. The molecule has 4 heterocycles. The van der Waals surface area contributed by atoms with Crippen LogP contribution in [0.3, 0.4) is 0 Å². The van der Waals surface area contributed by atoms with Crippen LogP contribution in [0.25, 0.3) is 10.9 Å². The number of likely N-dealkylation sites (tertiary alicyclic amines) is 1. The van der Waals surface area contributed by atoms with Gasteiger partial charge in [-0.3, -0.25) is 20.0 Å². The van der Waals surface area contributed by atoms with E-state index in [1.54, 1.807) is 30.5 Å². The highest BCUT2D eigenvalue weighted by Crippen LogP contribution is 2.36. The van der Waals surface area contributed by atoms with Gasteiger partial charge in [-0.15, -0.1) is 0 Å². The van der Waals surface area contributed by atoms with Gasteiger partial charge in [0.05, 0.1) is 26.5 Å². The topological polar surface area (TPSA) is 128 Å². The Balaban J connectivity index is 1.17. The average molecular weight is 562 g/mol. The number of ether oxygens (including phenoxy) is 2. The largest absolute Gasteiger partial charge is 0.486 e. The highest BCUT2D eigenvalue weighted by molar-refractivity contribution is 6.32. The molecule has 2 aromatic heterocycles. The van der Waals surface area contributed by atoms with Crippen LogP contribution in [0.15, 0.2) is 61.1 Å². The molecule has 2 aliphatic heterocycles. The van der Waals surface area contributed by atoms with Crippen molar-refractivity contribution in [2.24, 2.45) is 0 Å². The van der Waals surface area contributed by atoms with Gasteiger partial charge in [0, 0.05) is 49.2 Å². The van der Waals surface area contributed by atoms with Crippen LogP contribution in [0.5, 0.6) is 11.5 Å². The second-order valence-electron chi connectivity index (χ2n) is 9.79. The normalized spacial score (nSPS) is 18.5. The number of benzene rings is 2. The third kappa shape index (κ3) is 5.62. The average Bonchev–Trinajstić information content (AvgIpc) is 3.58. The number of fused-ring (bicyclic) bond motifs is 2. The molecule has 40 heavy (non-hydrogen) atoms. The molecular formula is C28H28ClN7O4. The van der Waals surface area contributed by atoms with Crippen molar-refractivity contribution in [3.63, 3.8) is 0 Å². The molecule has 6 rings (SSSR count). The standard InChI is InChI=1S/C28H28ClN7O4/c29-21-13-18(4-5-26(21)40-16-19-3-1-2-8-30-19)34-28-20-14-25(36(37)38)27(15-23(20)32-17-33-28)39-12-11-35-10-7-22-24(35)6-9-31-22/h1-5,8,13-15,17,22,24,31H,6-7,9-12,16H2,(H,32,33,34). The van der Waals surface area contributed by atoms with Crippen molar-refractivity contribution in [2.45, 2.75) is 31.5 Å². The predicted molar refractivity (Wildman–Crippen MR) is 151 cm³/mol. The summed E-state index contributed by atoms with van der Waals surface area (Å²) in [5.41, 5.74) is 1.82. The summed E-state index contributed by atoms with van der Waals surface area (Å²) >= 11 is 6.46. The van der Waals surface area contributed by atoms with Crippen LogP contribution < -0.4 is 20.1 Å². The van der Waals surface area contributed by atoms with Gasteiger partial charge in [-0.25, -0.2) is 9.97 Å². The molecule has 2 aliphatic rings. The Morgan fingerprint density at radius 2 is 2.02 bits per heavy atom. The first-order chi connectivity index (χ1) is 19.5. The minimum Gasteiger partial charge on any atom is -0.486 e. The Bertz CT molecular complexity index is 1520. The lowest BCUT2D eigenvalue weighted by molar-refractivity contribution is -0.385. The van der Waals surface area contributed by atoms with E-state index < -0.39 is 4.92 Å². The zero-order valence-electron chi connectivity index (χ0n) is 21.6. The van der Waals surface area contributed by atoms with Crippen molar-refractivity contribution in [1.82, 2.24) is 25.2 Å². The third-order valence-corrected chi connectivity index (χ3v) is 7.65. The molecule has 206 valence electrons. The first kappa shape index (κ1) is 26.2. The summed E-state index contributed by atoms with van der Waals surface area (Å²) in [7, 11) is 0. The number of aromatic nitrogens is 3. The number of nitro groups is 1. The second-order valence-corrected chi connectivity index (χ2v) is 10.2. The first-order valence-corrected chi connectivity index (χ1v) is 13.6. The Morgan fingerprint density at radius 3 is 2.85 bits per heavy atom. The second kappa shape index (κ2) is 11.6. The minimum absolute atomic E-state index is 0.136. The van der Waals surface area contributed by atoms with Gasteiger partial charge in [0.25, 0.3) is 0 Å². The van der Waals surface area contributed by atoms with E-state index in [1.165, 1.54) is 12.4 Å². The summed E-state index contributed by atoms with van der Waals surface area (Å²) < 4.78 is 11.7. The molecule has 0 spiro atoms. The van der Waals surface area contributed by atoms with Crippen LogP contribution in [-0.2, 0) is 6.61 Å². The number of pyridine rings is 1. The lowest BCUT2D eigenvalue weighted by Crippen LogP contribution is -2.36. The number of nitro benzene ring substituents is 1. The molecule has 2 atom stereocenters. The molecule has 2 N–H and O–H groups in total. The minimum atomic E-state index is -0.442. The van der Waals surface area contributed by atoms with E-state index in [9.17, 15) is 10.1 Å². The van der Waals surface area contributed by atoms with Crippen molar-refractivity contribution < 1.29 is 14.4 Å². The predicted octanol–water partition coefficient (Wildman–Crippen LogP) is 4.72. The van der Waals surface area contributed by atoms with Gasteiger partial charge in [-0.05, 0) is 49.7 Å². The number of hydrogen-bond donors (Lipinski definition) is 2. The van der Waals surface area contributed by atoms with E-state index in [4.69, 9.17) is 21.1 Å². The van der Waals surface area contributed by atoms with E-state index in [1.807, 2.05) is 18.2 Å². The number of rotatable bonds is 10. The Hall–Kier alpha value is -4.06. The molecular weight excluding hydrogens is 534 g/mol. The van der Waals surface area contributed by atoms with Gasteiger partial charge in [-0.2, -0.15) is 0 Å². The van der Waals surface area contributed by atoms with E-state index in [0.717, 1.165) is 38.2 Å². The van der Waals surface area contributed by atoms with Crippen molar-refractivity contribution in [1.29, 1.82) is 0 Å². The van der Waals surface area contributed by atoms with Gasteiger partial charge >= 0.3 is 5.69 Å². The fraction of sp³-hybridized carbons (Fsp3) is 0.321. The maximum absolute atomic E-state index is 12.0. The lowest BCUT2D eigenvalue weighted by atomic mass is 10.1. The van der Waals surface area contributed by atoms with Gasteiger partial charge in [0.15, 0.2) is 5.75 Å². The summed E-state index contributed by atoms with van der Waals surface area (Å²) in [5, 5.41) is 19.6. The molecule has 0 bridgehead atoms. The Labute approximate surface area is 235 Å². The summed E-state index contributed by atoms with van der Waals surface area (Å²) in [5.74, 6) is 1.12. The Morgan fingerprint density at radius 1 is 1.10 bits per heavy atom. The van der Waals surface area contributed by atoms with E-state index in [-0.39, 0.29) is 18.0 Å². The molecule has 2 saturated heterocycles. The number of hydrogen-bond acceptors (Lipinski definition) is 10. The molecule has 0 aliphatic carbocycles. The number of nitrogens with zero attached hydrogens (tertiary/aromatic N) is 5. The van der Waals surface area contributed by atoms with Crippen LogP contribution in [0, 0.1) is 10.1 Å². The fourth-order valence-electron chi connectivity index (χ4n) is 5.40. The zero-order valence-corrected chi connectivity index (χ0v) is 22.4. The quantitative estimate of drug-likeness (QED) is 0.207. The maximum atomic E-state index is 12.0. The van der Waals surface area contributed by atoms with Crippen molar-refractivity contribution >= 4 is 39.7 Å². The Kier molecular flexibility index (Phi) is 7.58. The number of anilines is 2. The first-order valence-electron chi connectivity index (χ1n) is 13.2. The summed E-state index contributed by atoms with van der Waals surface area (Å²) in [4.78, 5) is 26.8. The van der Waals surface area contributed by atoms with Crippen molar-refractivity contribution in [3.05, 3.63) is 81.9 Å². The van der Waals surface area contributed by atoms with Crippen LogP contribution in [0.1, 0.15) is 18.5 Å². The van der Waals surface area contributed by atoms with Crippen LogP contribution in [-0.4, -0.2) is 63.1 Å². The van der Waals surface area contributed by atoms with Gasteiger partial charge < -0.3 is 20.1 Å². The molecule has 2 unspecified atom stereocenters. The number of nitrogens with one attached hydrogen (secondary N) is 2. The van der Waals surface area contributed by atoms with Crippen LogP contribution in [0.2, 0.25) is 5.02 Å². The highest BCUT2D eigenvalue weighted by Gasteiger charge is 2.37. The number of halogens is 1. The maximum Gasteiger partial charge on any atom is 0.311 e. The van der Waals surface area contributed by atoms with Gasteiger partial charge in [-0.1, -0.05) is 17.7 Å². The molecule has 4 aromatic rings. The monoisotopic (exact) mass is 561 g/mol. The van der Waals surface area contributed by atoms with E-state index in [0.29, 0.717) is 51.9 Å². The van der Waals surface area contributed by atoms with Crippen LogP contribution in [0.4, 0.5) is 17.2 Å². The fourth-order valence-corrected chi connectivity index (χ4v) is 5.64. The molecule has 2 aromatic carbocycles. The van der Waals surface area contributed by atoms with E-state index >= 15 is 0 Å². The lowest BCUT2D eigenvalue weighted by Gasteiger charge is -2.22. The highest BCUT2D eigenvalue weighted by atomic mass is 35.5. The summed E-state index contributed by atoms with van der Waals surface area (Å²) in [6, 6.07) is 15.0.